The molecule has 2 heterocycles. The molecule has 1 N–H and O–H groups in total. The van der Waals surface area contributed by atoms with E-state index in [0.29, 0.717) is 13.0 Å². The zero-order valence-electron chi connectivity index (χ0n) is 18.8. The zero-order chi connectivity index (χ0) is 23.8. The van der Waals surface area contributed by atoms with Gasteiger partial charge >= 0.3 is 5.97 Å². The van der Waals surface area contributed by atoms with Gasteiger partial charge in [-0.2, -0.15) is 5.26 Å². The maximum Gasteiger partial charge on any atom is 0.349 e. The van der Waals surface area contributed by atoms with E-state index in [1.165, 1.54) is 6.08 Å². The van der Waals surface area contributed by atoms with Gasteiger partial charge in [-0.3, -0.25) is 4.79 Å². The molecule has 0 spiro atoms. The summed E-state index contributed by atoms with van der Waals surface area (Å²) in [6, 6.07) is 15.3. The minimum absolute atomic E-state index is 0.170. The van der Waals surface area contributed by atoms with Crippen molar-refractivity contribution in [3.05, 3.63) is 75.2 Å². The molecule has 0 radical (unpaired) electrons. The van der Waals surface area contributed by atoms with Crippen molar-refractivity contribution in [1.29, 1.82) is 5.26 Å². The van der Waals surface area contributed by atoms with Gasteiger partial charge in [0.05, 0.1) is 7.11 Å². The number of esters is 1. The first-order chi connectivity index (χ1) is 15.9. The quantitative estimate of drug-likeness (QED) is 0.294. The number of nitriles is 1. The van der Waals surface area contributed by atoms with E-state index in [1.54, 1.807) is 18.4 Å². The lowest BCUT2D eigenvalue weighted by atomic mass is 10.1. The maximum absolute atomic E-state index is 12.4. The van der Waals surface area contributed by atoms with Crippen LogP contribution in [-0.2, 0) is 20.7 Å². The summed E-state index contributed by atoms with van der Waals surface area (Å²) < 4.78 is 12.3. The van der Waals surface area contributed by atoms with Crippen LogP contribution in [0.4, 0.5) is 0 Å². The number of carbonyl (C=O) groups is 2. The molecule has 3 aromatic rings. The standard InChI is InChI=1S/C25H25N3O4S/c1-17-13-19(18(2)28(17)21-6-8-22(31-3)9-7-21)14-20(15-26)25(30)32-16-24(29)27-11-10-23-5-4-12-33-23/h4-9,12-14H,10-11,16H2,1-3H3,(H,27,29)/b20-14+. The van der Waals surface area contributed by atoms with E-state index in [9.17, 15) is 14.9 Å². The van der Waals surface area contributed by atoms with Gasteiger partial charge in [0.1, 0.15) is 17.4 Å². The van der Waals surface area contributed by atoms with Gasteiger partial charge in [0.2, 0.25) is 0 Å². The van der Waals surface area contributed by atoms with Crippen molar-refractivity contribution < 1.29 is 19.1 Å². The highest BCUT2D eigenvalue weighted by Gasteiger charge is 2.16. The van der Waals surface area contributed by atoms with Crippen molar-refractivity contribution in [1.82, 2.24) is 9.88 Å². The molecular formula is C25H25N3O4S. The summed E-state index contributed by atoms with van der Waals surface area (Å²) in [7, 11) is 1.61. The average molecular weight is 464 g/mol. The molecule has 3 rings (SSSR count). The number of benzene rings is 1. The Kier molecular flexibility index (Phi) is 8.06. The summed E-state index contributed by atoms with van der Waals surface area (Å²) in [6.45, 7) is 3.87. The van der Waals surface area contributed by atoms with Gasteiger partial charge in [-0.1, -0.05) is 6.07 Å². The second kappa shape index (κ2) is 11.2. The second-order valence-corrected chi connectivity index (χ2v) is 8.32. The number of ether oxygens (including phenoxy) is 2. The van der Waals surface area contributed by atoms with Crippen molar-refractivity contribution >= 4 is 29.3 Å². The van der Waals surface area contributed by atoms with E-state index < -0.39 is 18.5 Å². The van der Waals surface area contributed by atoms with Crippen molar-refractivity contribution in [3.8, 4) is 17.5 Å². The first-order valence-corrected chi connectivity index (χ1v) is 11.2. The largest absolute Gasteiger partial charge is 0.497 e. The molecule has 7 nitrogen and oxygen atoms in total. The van der Waals surface area contributed by atoms with Crippen LogP contribution in [-0.4, -0.2) is 36.7 Å². The average Bonchev–Trinajstić information content (AvgIpc) is 3.43. The molecule has 170 valence electrons. The van der Waals surface area contributed by atoms with Crippen LogP contribution in [0.5, 0.6) is 5.75 Å². The highest BCUT2D eigenvalue weighted by molar-refractivity contribution is 7.09. The molecule has 0 aliphatic heterocycles. The van der Waals surface area contributed by atoms with Gasteiger partial charge in [-0.15, -0.1) is 11.3 Å². The van der Waals surface area contributed by atoms with E-state index in [1.807, 2.05) is 72.3 Å². The Balaban J connectivity index is 1.64. The number of aryl methyl sites for hydroxylation is 1. The normalized spacial score (nSPS) is 11.0. The molecule has 0 aliphatic rings. The number of methoxy groups -OCH3 is 1. The smallest absolute Gasteiger partial charge is 0.349 e. The molecule has 2 aromatic heterocycles. The molecule has 8 heteroatoms. The van der Waals surface area contributed by atoms with Crippen LogP contribution >= 0.6 is 11.3 Å². The molecular weight excluding hydrogens is 438 g/mol. The van der Waals surface area contributed by atoms with Crippen LogP contribution in [0.25, 0.3) is 11.8 Å². The molecule has 0 unspecified atom stereocenters. The van der Waals surface area contributed by atoms with E-state index >= 15 is 0 Å². The number of thiophene rings is 1. The van der Waals surface area contributed by atoms with Crippen molar-refractivity contribution in [2.45, 2.75) is 20.3 Å². The van der Waals surface area contributed by atoms with E-state index in [2.05, 4.69) is 5.32 Å². The minimum atomic E-state index is -0.833. The molecule has 0 saturated carbocycles. The highest BCUT2D eigenvalue weighted by Crippen LogP contribution is 2.24. The lowest BCUT2D eigenvalue weighted by molar-refractivity contribution is -0.144. The Morgan fingerprint density at radius 1 is 1.21 bits per heavy atom. The Morgan fingerprint density at radius 2 is 1.97 bits per heavy atom. The van der Waals surface area contributed by atoms with Crippen molar-refractivity contribution in [3.63, 3.8) is 0 Å². The molecule has 1 amide bonds. The van der Waals surface area contributed by atoms with Crippen molar-refractivity contribution in [2.24, 2.45) is 0 Å². The third-order valence-electron chi connectivity index (χ3n) is 5.05. The van der Waals surface area contributed by atoms with Gasteiger partial charge in [-0.25, -0.2) is 4.79 Å². The van der Waals surface area contributed by atoms with Gasteiger partial charge in [0.25, 0.3) is 5.91 Å². The van der Waals surface area contributed by atoms with Crippen LogP contribution in [0.2, 0.25) is 0 Å². The number of hydrogen-bond acceptors (Lipinski definition) is 6. The number of aromatic nitrogens is 1. The molecule has 0 aliphatic carbocycles. The first kappa shape index (κ1) is 23.8. The number of hydrogen-bond donors (Lipinski definition) is 1. The summed E-state index contributed by atoms with van der Waals surface area (Å²) in [6.07, 6.45) is 2.20. The number of nitrogens with zero attached hydrogens (tertiary/aromatic N) is 2. The van der Waals surface area contributed by atoms with Crippen LogP contribution in [0, 0.1) is 25.2 Å². The number of nitrogens with one attached hydrogen (secondary N) is 1. The van der Waals surface area contributed by atoms with Crippen LogP contribution < -0.4 is 10.1 Å². The molecule has 33 heavy (non-hydrogen) atoms. The monoisotopic (exact) mass is 463 g/mol. The fourth-order valence-electron chi connectivity index (χ4n) is 3.39. The Bertz CT molecular complexity index is 1190. The predicted molar refractivity (Wildman–Crippen MR) is 127 cm³/mol. The Labute approximate surface area is 196 Å². The fraction of sp³-hybridized carbons (Fsp3) is 0.240. The van der Waals surface area contributed by atoms with Gasteiger partial charge in [0.15, 0.2) is 6.61 Å². The van der Waals surface area contributed by atoms with E-state index in [-0.39, 0.29) is 5.57 Å². The first-order valence-electron chi connectivity index (χ1n) is 10.3. The van der Waals surface area contributed by atoms with Crippen LogP contribution in [0.3, 0.4) is 0 Å². The van der Waals surface area contributed by atoms with E-state index in [0.717, 1.165) is 33.3 Å². The lowest BCUT2D eigenvalue weighted by Gasteiger charge is -2.10. The Hall–Kier alpha value is -3.83. The lowest BCUT2D eigenvalue weighted by Crippen LogP contribution is -2.30. The Morgan fingerprint density at radius 3 is 2.61 bits per heavy atom. The number of amides is 1. The summed E-state index contributed by atoms with van der Waals surface area (Å²) >= 11 is 1.62. The van der Waals surface area contributed by atoms with Crippen LogP contribution in [0.15, 0.2) is 53.4 Å². The number of rotatable bonds is 9. The molecule has 0 bridgehead atoms. The third-order valence-corrected chi connectivity index (χ3v) is 5.99. The highest BCUT2D eigenvalue weighted by atomic mass is 32.1. The fourth-order valence-corrected chi connectivity index (χ4v) is 4.10. The van der Waals surface area contributed by atoms with Gasteiger partial charge in [0, 0.05) is 28.5 Å². The summed E-state index contributed by atoms with van der Waals surface area (Å²) in [5.41, 5.74) is 3.29. The van der Waals surface area contributed by atoms with E-state index in [4.69, 9.17) is 9.47 Å². The molecule has 0 saturated heterocycles. The number of carbonyl (C=O) groups excluding carboxylic acids is 2. The molecule has 1 aromatic carbocycles. The summed E-state index contributed by atoms with van der Waals surface area (Å²) in [5.74, 6) is -0.485. The summed E-state index contributed by atoms with van der Waals surface area (Å²) in [4.78, 5) is 25.5. The molecule has 0 atom stereocenters. The SMILES string of the molecule is COc1ccc(-n2c(C)cc(/C=C(\C#N)C(=O)OCC(=O)NCCc3cccs3)c2C)cc1. The predicted octanol–water partition coefficient (Wildman–Crippen LogP) is 3.97. The summed E-state index contributed by atoms with van der Waals surface area (Å²) in [5, 5.41) is 14.2. The minimum Gasteiger partial charge on any atom is -0.497 e. The second-order valence-electron chi connectivity index (χ2n) is 7.29. The van der Waals surface area contributed by atoms with Crippen molar-refractivity contribution in [2.75, 3.05) is 20.3 Å². The molecule has 0 fully saturated rings. The van der Waals surface area contributed by atoms with Gasteiger partial charge in [-0.05, 0) is 73.7 Å². The van der Waals surface area contributed by atoms with Gasteiger partial charge < -0.3 is 19.4 Å². The maximum atomic E-state index is 12.4. The topological polar surface area (TPSA) is 93.3 Å². The van der Waals surface area contributed by atoms with Crippen LogP contribution in [0.1, 0.15) is 21.8 Å². The third kappa shape index (κ3) is 6.11. The zero-order valence-corrected chi connectivity index (χ0v) is 19.6.